The second kappa shape index (κ2) is 7.41. The van der Waals surface area contributed by atoms with Gasteiger partial charge in [-0.15, -0.1) is 11.6 Å². The van der Waals surface area contributed by atoms with Gasteiger partial charge in [0.1, 0.15) is 5.67 Å². The smallest absolute Gasteiger partial charge is 0.105 e. The Morgan fingerprint density at radius 1 is 1.09 bits per heavy atom. The molecule has 1 unspecified atom stereocenters. The van der Waals surface area contributed by atoms with Crippen molar-refractivity contribution in [3.63, 3.8) is 0 Å². The molecule has 0 heterocycles. The fourth-order valence-corrected chi connectivity index (χ4v) is 5.03. The van der Waals surface area contributed by atoms with Gasteiger partial charge in [-0.25, -0.2) is 4.39 Å². The third-order valence-electron chi connectivity index (χ3n) is 6.21. The van der Waals surface area contributed by atoms with Crippen molar-refractivity contribution in [2.75, 3.05) is 0 Å². The van der Waals surface area contributed by atoms with Gasteiger partial charge in [0.15, 0.2) is 0 Å². The van der Waals surface area contributed by atoms with Crippen LogP contribution in [0.5, 0.6) is 0 Å². The van der Waals surface area contributed by atoms with Gasteiger partial charge < -0.3 is 0 Å². The molecule has 2 atom stereocenters. The summed E-state index contributed by atoms with van der Waals surface area (Å²) in [4.78, 5) is 0. The van der Waals surface area contributed by atoms with Gasteiger partial charge in [0, 0.05) is 5.38 Å². The van der Waals surface area contributed by atoms with Crippen molar-refractivity contribution in [2.45, 2.75) is 103 Å². The number of hydrogen-bond acceptors (Lipinski definition) is 0. The first kappa shape index (κ1) is 18.6. The van der Waals surface area contributed by atoms with Crippen LogP contribution < -0.4 is 0 Å². The van der Waals surface area contributed by atoms with E-state index in [4.69, 9.17) is 11.6 Å². The molecule has 0 nitrogen and oxygen atoms in total. The first-order chi connectivity index (χ1) is 10.2. The Kier molecular flexibility index (Phi) is 6.25. The third-order valence-corrected chi connectivity index (χ3v) is 6.64. The van der Waals surface area contributed by atoms with Crippen LogP contribution in [-0.4, -0.2) is 11.0 Å². The molecule has 0 radical (unpaired) electrons. The Morgan fingerprint density at radius 3 is 2.18 bits per heavy atom. The Labute approximate surface area is 142 Å². The lowest BCUT2D eigenvalue weighted by Gasteiger charge is -2.34. The summed E-state index contributed by atoms with van der Waals surface area (Å²) in [6, 6.07) is 0. The van der Waals surface area contributed by atoms with Gasteiger partial charge in [0.05, 0.1) is 0 Å². The molecule has 0 saturated heterocycles. The molecule has 0 aromatic heterocycles. The Morgan fingerprint density at radius 2 is 1.68 bits per heavy atom. The second-order valence-electron chi connectivity index (χ2n) is 9.22. The van der Waals surface area contributed by atoms with Crippen LogP contribution in [0, 0.1) is 23.2 Å². The highest BCUT2D eigenvalue weighted by atomic mass is 35.5. The average molecular weight is 331 g/mol. The monoisotopic (exact) mass is 330 g/mol. The second-order valence-corrected chi connectivity index (χ2v) is 9.84. The van der Waals surface area contributed by atoms with Crippen LogP contribution in [0.15, 0.2) is 0 Å². The summed E-state index contributed by atoms with van der Waals surface area (Å²) >= 11 is 6.27. The molecular formula is C20H36ClF. The van der Waals surface area contributed by atoms with E-state index in [0.717, 1.165) is 18.3 Å². The van der Waals surface area contributed by atoms with E-state index in [1.807, 2.05) is 0 Å². The summed E-state index contributed by atoms with van der Waals surface area (Å²) in [6.45, 7) is 8.13. The van der Waals surface area contributed by atoms with Crippen LogP contribution in [-0.2, 0) is 0 Å². The molecule has 2 heteroatoms. The first-order valence-electron chi connectivity index (χ1n) is 9.53. The normalized spacial score (nSPS) is 30.8. The number of rotatable bonds is 8. The molecule has 0 bridgehead atoms. The van der Waals surface area contributed by atoms with Crippen LogP contribution in [0.4, 0.5) is 4.39 Å². The summed E-state index contributed by atoms with van der Waals surface area (Å²) in [7, 11) is 0. The Balaban J connectivity index is 1.73. The molecule has 130 valence electrons. The first-order valence-corrected chi connectivity index (χ1v) is 9.97. The zero-order valence-corrected chi connectivity index (χ0v) is 15.9. The molecule has 2 aliphatic carbocycles. The molecule has 2 aliphatic rings. The maximum Gasteiger partial charge on any atom is 0.105 e. The van der Waals surface area contributed by atoms with E-state index in [-0.39, 0.29) is 0 Å². The van der Waals surface area contributed by atoms with E-state index < -0.39 is 5.67 Å². The maximum atomic E-state index is 13.6. The van der Waals surface area contributed by atoms with Gasteiger partial charge in [-0.2, -0.15) is 0 Å². The van der Waals surface area contributed by atoms with Gasteiger partial charge in [0.25, 0.3) is 0 Å². The van der Waals surface area contributed by atoms with Crippen molar-refractivity contribution in [1.29, 1.82) is 0 Å². The molecule has 0 amide bonds. The van der Waals surface area contributed by atoms with E-state index in [2.05, 4.69) is 13.8 Å². The summed E-state index contributed by atoms with van der Waals surface area (Å²) < 4.78 is 13.6. The van der Waals surface area contributed by atoms with E-state index in [9.17, 15) is 4.39 Å². The standard InChI is InChI=1S/C20H36ClF/c1-15(9-10-19(3,4)22)13-16(2)14-20(11-12-20)17-5-7-18(21)8-6-17/h15-18H,5-14H2,1-4H3/t15-,16?,17-,18+/m1/s1. The summed E-state index contributed by atoms with van der Waals surface area (Å²) in [5.74, 6) is 2.37. The molecule has 0 aliphatic heterocycles. The Bertz CT molecular complexity index is 334. The quantitative estimate of drug-likeness (QED) is 0.415. The van der Waals surface area contributed by atoms with E-state index >= 15 is 0 Å². The predicted molar refractivity (Wildman–Crippen MR) is 95.2 cm³/mol. The van der Waals surface area contributed by atoms with Crippen molar-refractivity contribution >= 4 is 11.6 Å². The highest BCUT2D eigenvalue weighted by Crippen LogP contribution is 2.60. The van der Waals surface area contributed by atoms with Crippen molar-refractivity contribution in [1.82, 2.24) is 0 Å². The van der Waals surface area contributed by atoms with Gasteiger partial charge in [-0.1, -0.05) is 13.8 Å². The molecule has 2 rings (SSSR count). The molecule has 2 saturated carbocycles. The lowest BCUT2D eigenvalue weighted by Crippen LogP contribution is -2.25. The van der Waals surface area contributed by atoms with E-state index in [1.54, 1.807) is 13.8 Å². The Hall–Kier alpha value is 0.220. The van der Waals surface area contributed by atoms with Crippen LogP contribution in [0.2, 0.25) is 0 Å². The summed E-state index contributed by atoms with van der Waals surface area (Å²) in [6.07, 6.45) is 12.4. The van der Waals surface area contributed by atoms with Gasteiger partial charge in [0.2, 0.25) is 0 Å². The highest BCUT2D eigenvalue weighted by Gasteiger charge is 2.49. The predicted octanol–water partition coefficient (Wildman–Crippen LogP) is 7.14. The van der Waals surface area contributed by atoms with Crippen molar-refractivity contribution in [3.05, 3.63) is 0 Å². The highest BCUT2D eigenvalue weighted by molar-refractivity contribution is 6.20. The van der Waals surface area contributed by atoms with Crippen molar-refractivity contribution in [3.8, 4) is 0 Å². The zero-order chi connectivity index (χ0) is 16.4. The third kappa shape index (κ3) is 5.69. The van der Waals surface area contributed by atoms with Gasteiger partial charge in [-0.3, -0.25) is 0 Å². The molecule has 0 aromatic rings. The van der Waals surface area contributed by atoms with Crippen LogP contribution in [0.3, 0.4) is 0 Å². The van der Waals surface area contributed by atoms with Gasteiger partial charge in [-0.05, 0) is 101 Å². The van der Waals surface area contributed by atoms with Crippen molar-refractivity contribution in [2.24, 2.45) is 23.2 Å². The molecule has 0 N–H and O–H groups in total. The van der Waals surface area contributed by atoms with Gasteiger partial charge >= 0.3 is 0 Å². The molecular weight excluding hydrogens is 295 g/mol. The number of hydrogen-bond donors (Lipinski definition) is 0. The van der Waals surface area contributed by atoms with Crippen LogP contribution in [0.1, 0.15) is 91.9 Å². The summed E-state index contributed by atoms with van der Waals surface area (Å²) in [5, 5.41) is 0.438. The van der Waals surface area contributed by atoms with Crippen molar-refractivity contribution < 1.29 is 4.39 Å². The van der Waals surface area contributed by atoms with E-state index in [1.165, 1.54) is 51.4 Å². The average Bonchev–Trinajstić information content (AvgIpc) is 3.17. The fraction of sp³-hybridized carbons (Fsp3) is 1.00. The molecule has 22 heavy (non-hydrogen) atoms. The van der Waals surface area contributed by atoms with E-state index in [0.29, 0.717) is 23.1 Å². The van der Waals surface area contributed by atoms with Crippen LogP contribution in [0.25, 0.3) is 0 Å². The number of alkyl halides is 2. The SMILES string of the molecule is CC(C[C@H](C)CCC(C)(C)F)CC1([C@H]2CC[C@@H](Cl)CC2)CC1. The molecule has 0 spiro atoms. The zero-order valence-electron chi connectivity index (χ0n) is 15.1. The topological polar surface area (TPSA) is 0 Å². The largest absolute Gasteiger partial charge is 0.245 e. The lowest BCUT2D eigenvalue weighted by atomic mass is 9.72. The molecule has 2 fully saturated rings. The minimum absolute atomic E-state index is 0.438. The maximum absolute atomic E-state index is 13.6. The summed E-state index contributed by atoms with van der Waals surface area (Å²) in [5.41, 5.74) is -0.342. The lowest BCUT2D eigenvalue weighted by molar-refractivity contribution is 0.167. The fourth-order valence-electron chi connectivity index (χ4n) is 4.78. The molecule has 0 aromatic carbocycles. The van der Waals surface area contributed by atoms with Crippen LogP contribution >= 0.6 is 11.6 Å². The number of halogens is 2. The minimum atomic E-state index is -1.00. The minimum Gasteiger partial charge on any atom is -0.245 e.